The Labute approximate surface area is 114 Å². The lowest BCUT2D eigenvalue weighted by Gasteiger charge is -1.98. The van der Waals surface area contributed by atoms with Gasteiger partial charge in [-0.05, 0) is 31.2 Å². The van der Waals surface area contributed by atoms with Crippen molar-refractivity contribution in [1.82, 2.24) is 10.3 Å². The Balaban J connectivity index is 2.26. The summed E-state index contributed by atoms with van der Waals surface area (Å²) >= 11 is 5.22. The minimum Gasteiger partial charge on any atom is -0.311 e. The summed E-state index contributed by atoms with van der Waals surface area (Å²) in [5, 5.41) is 4.46. The van der Waals surface area contributed by atoms with E-state index in [1.807, 2.05) is 0 Å². The highest BCUT2D eigenvalue weighted by Gasteiger charge is 2.09. The molecular formula is C13H15BrN2S. The number of aryl methyl sites for hydroxylation is 1. The van der Waals surface area contributed by atoms with Gasteiger partial charge < -0.3 is 5.32 Å². The summed E-state index contributed by atoms with van der Waals surface area (Å²) in [6.45, 7) is 6.02. The van der Waals surface area contributed by atoms with Gasteiger partial charge in [0.2, 0.25) is 0 Å². The van der Waals surface area contributed by atoms with Crippen LogP contribution >= 0.6 is 27.3 Å². The van der Waals surface area contributed by atoms with E-state index in [0.29, 0.717) is 0 Å². The quantitative estimate of drug-likeness (QED) is 0.923. The van der Waals surface area contributed by atoms with Gasteiger partial charge in [-0.25, -0.2) is 4.98 Å². The molecule has 0 aliphatic heterocycles. The largest absolute Gasteiger partial charge is 0.311 e. The Hall–Kier alpha value is -0.710. The fourth-order valence-electron chi connectivity index (χ4n) is 1.63. The van der Waals surface area contributed by atoms with Crippen molar-refractivity contribution in [3.63, 3.8) is 0 Å². The Morgan fingerprint density at radius 1 is 1.29 bits per heavy atom. The van der Waals surface area contributed by atoms with E-state index in [1.54, 1.807) is 11.3 Å². The van der Waals surface area contributed by atoms with Gasteiger partial charge in [0.25, 0.3) is 0 Å². The summed E-state index contributed by atoms with van der Waals surface area (Å²) in [6, 6.07) is 8.39. The van der Waals surface area contributed by atoms with E-state index >= 15 is 0 Å². The molecular weight excluding hydrogens is 296 g/mol. The van der Waals surface area contributed by atoms with Gasteiger partial charge in [0.15, 0.2) is 0 Å². The summed E-state index contributed by atoms with van der Waals surface area (Å²) in [7, 11) is 0. The van der Waals surface area contributed by atoms with Crippen molar-refractivity contribution in [2.75, 3.05) is 6.54 Å². The highest BCUT2D eigenvalue weighted by atomic mass is 79.9. The molecule has 2 nitrogen and oxygen atoms in total. The molecule has 0 saturated carbocycles. The van der Waals surface area contributed by atoms with Crippen molar-refractivity contribution in [2.45, 2.75) is 20.4 Å². The van der Waals surface area contributed by atoms with Gasteiger partial charge in [0.1, 0.15) is 5.01 Å². The Kier molecular flexibility index (Phi) is 4.31. The van der Waals surface area contributed by atoms with Gasteiger partial charge in [0.05, 0.1) is 10.6 Å². The molecule has 0 unspecified atom stereocenters. The van der Waals surface area contributed by atoms with Crippen LogP contribution in [0.1, 0.15) is 17.6 Å². The molecule has 0 aliphatic carbocycles. The number of rotatable bonds is 4. The second-order valence-electron chi connectivity index (χ2n) is 3.81. The fraction of sp³-hybridized carbons (Fsp3) is 0.308. The third-order valence-corrected chi connectivity index (χ3v) is 4.21. The average Bonchev–Trinajstić information content (AvgIpc) is 2.69. The molecule has 90 valence electrons. The van der Waals surface area contributed by atoms with Crippen molar-refractivity contribution in [3.8, 4) is 10.4 Å². The normalized spacial score (nSPS) is 10.8. The smallest absolute Gasteiger partial charge is 0.107 e. The van der Waals surface area contributed by atoms with Crippen LogP contribution in [0.3, 0.4) is 0 Å². The van der Waals surface area contributed by atoms with Gasteiger partial charge in [-0.1, -0.05) is 35.0 Å². The van der Waals surface area contributed by atoms with Gasteiger partial charge in [0, 0.05) is 11.0 Å². The molecule has 1 aromatic heterocycles. The molecule has 0 fully saturated rings. The zero-order chi connectivity index (χ0) is 12.3. The second-order valence-corrected chi connectivity index (χ2v) is 5.81. The molecule has 0 atom stereocenters. The van der Waals surface area contributed by atoms with Crippen LogP contribution in [0, 0.1) is 6.92 Å². The average molecular weight is 311 g/mol. The number of nitrogens with zero attached hydrogens (tertiary/aromatic N) is 1. The summed E-state index contributed by atoms with van der Waals surface area (Å²) in [5.74, 6) is 0. The van der Waals surface area contributed by atoms with Crippen molar-refractivity contribution >= 4 is 27.3 Å². The predicted molar refractivity (Wildman–Crippen MR) is 77.4 cm³/mol. The standard InChI is InChI=1S/C13H15BrN2S/c1-3-15-8-12-16-9(2)13(17-12)10-4-6-11(14)7-5-10/h4-7,15H,3,8H2,1-2H3. The fourth-order valence-corrected chi connectivity index (χ4v) is 2.93. The number of halogens is 1. The van der Waals surface area contributed by atoms with Crippen LogP contribution in [0.4, 0.5) is 0 Å². The molecule has 0 spiro atoms. The monoisotopic (exact) mass is 310 g/mol. The maximum atomic E-state index is 4.59. The minimum atomic E-state index is 0.860. The van der Waals surface area contributed by atoms with Gasteiger partial charge in [-0.15, -0.1) is 11.3 Å². The first kappa shape index (κ1) is 12.7. The van der Waals surface area contributed by atoms with Crippen LogP contribution in [0.5, 0.6) is 0 Å². The van der Waals surface area contributed by atoms with Gasteiger partial charge in [-0.3, -0.25) is 0 Å². The van der Waals surface area contributed by atoms with E-state index in [9.17, 15) is 0 Å². The number of nitrogens with one attached hydrogen (secondary N) is 1. The lowest BCUT2D eigenvalue weighted by atomic mass is 10.2. The van der Waals surface area contributed by atoms with Crippen molar-refractivity contribution in [2.24, 2.45) is 0 Å². The predicted octanol–water partition coefficient (Wildman–Crippen LogP) is 3.99. The summed E-state index contributed by atoms with van der Waals surface area (Å²) < 4.78 is 1.11. The van der Waals surface area contributed by atoms with Crippen LogP contribution in [0.25, 0.3) is 10.4 Å². The van der Waals surface area contributed by atoms with Crippen LogP contribution < -0.4 is 5.32 Å². The topological polar surface area (TPSA) is 24.9 Å². The van der Waals surface area contributed by atoms with Crippen molar-refractivity contribution in [3.05, 3.63) is 39.4 Å². The highest BCUT2D eigenvalue weighted by molar-refractivity contribution is 9.10. The first-order chi connectivity index (χ1) is 8.20. The van der Waals surface area contributed by atoms with E-state index in [2.05, 4.69) is 64.3 Å². The van der Waals surface area contributed by atoms with E-state index < -0.39 is 0 Å². The molecule has 2 aromatic rings. The molecule has 2 rings (SSSR count). The lowest BCUT2D eigenvalue weighted by Crippen LogP contribution is -2.11. The third kappa shape index (κ3) is 3.15. The Morgan fingerprint density at radius 2 is 2.00 bits per heavy atom. The van der Waals surface area contributed by atoms with E-state index in [-0.39, 0.29) is 0 Å². The molecule has 0 amide bonds. The zero-order valence-corrected chi connectivity index (χ0v) is 12.4. The van der Waals surface area contributed by atoms with Crippen LogP contribution in [0.2, 0.25) is 0 Å². The number of benzene rings is 1. The molecule has 0 bridgehead atoms. The molecule has 1 heterocycles. The van der Waals surface area contributed by atoms with Crippen molar-refractivity contribution < 1.29 is 0 Å². The molecule has 0 radical (unpaired) electrons. The molecule has 17 heavy (non-hydrogen) atoms. The maximum absolute atomic E-state index is 4.59. The molecule has 4 heteroatoms. The second kappa shape index (κ2) is 5.76. The minimum absolute atomic E-state index is 0.860. The molecule has 0 aliphatic rings. The summed E-state index contributed by atoms with van der Waals surface area (Å²) in [4.78, 5) is 5.86. The van der Waals surface area contributed by atoms with Crippen molar-refractivity contribution in [1.29, 1.82) is 0 Å². The van der Waals surface area contributed by atoms with E-state index in [0.717, 1.165) is 28.3 Å². The van der Waals surface area contributed by atoms with Gasteiger partial charge >= 0.3 is 0 Å². The lowest BCUT2D eigenvalue weighted by molar-refractivity contribution is 0.721. The third-order valence-electron chi connectivity index (χ3n) is 2.47. The Bertz CT molecular complexity index is 491. The molecule has 0 saturated heterocycles. The van der Waals surface area contributed by atoms with Gasteiger partial charge in [-0.2, -0.15) is 0 Å². The first-order valence-electron chi connectivity index (χ1n) is 5.63. The number of thiazole rings is 1. The number of aromatic nitrogens is 1. The first-order valence-corrected chi connectivity index (χ1v) is 7.24. The summed E-state index contributed by atoms with van der Waals surface area (Å²) in [5.41, 5.74) is 2.36. The van der Waals surface area contributed by atoms with Crippen LogP contribution in [-0.4, -0.2) is 11.5 Å². The SMILES string of the molecule is CCNCc1nc(C)c(-c2ccc(Br)cc2)s1. The summed E-state index contributed by atoms with van der Waals surface area (Å²) in [6.07, 6.45) is 0. The molecule has 1 aromatic carbocycles. The Morgan fingerprint density at radius 3 is 2.65 bits per heavy atom. The van der Waals surface area contributed by atoms with E-state index in [4.69, 9.17) is 0 Å². The number of hydrogen-bond acceptors (Lipinski definition) is 3. The maximum Gasteiger partial charge on any atom is 0.107 e. The van der Waals surface area contributed by atoms with Crippen LogP contribution in [-0.2, 0) is 6.54 Å². The highest BCUT2D eigenvalue weighted by Crippen LogP contribution is 2.30. The molecule has 1 N–H and O–H groups in total. The van der Waals surface area contributed by atoms with E-state index in [1.165, 1.54) is 10.4 Å². The number of hydrogen-bond donors (Lipinski definition) is 1. The van der Waals surface area contributed by atoms with Crippen LogP contribution in [0.15, 0.2) is 28.7 Å². The zero-order valence-electron chi connectivity index (χ0n) is 9.96.